The average Bonchev–Trinajstić information content (AvgIpc) is 3.24. The number of fused-ring (bicyclic) bond motifs is 1. The maximum absolute atomic E-state index is 12.9. The van der Waals surface area contributed by atoms with Crippen molar-refractivity contribution in [2.75, 3.05) is 5.32 Å². The number of rotatable bonds is 6. The van der Waals surface area contributed by atoms with Crippen molar-refractivity contribution in [3.8, 4) is 17.0 Å². The number of hydrogen-bond acceptors (Lipinski definition) is 5. The molecule has 158 valence electrons. The van der Waals surface area contributed by atoms with Crippen molar-refractivity contribution in [1.82, 2.24) is 19.7 Å². The largest absolute Gasteiger partial charge is 0.475 e. The van der Waals surface area contributed by atoms with Gasteiger partial charge in [-0.1, -0.05) is 12.1 Å². The SMILES string of the molecule is CC(C)Oc1ccc(C(=O)Nc2cccc3c(-c4cnn(C(F)F)c4)ccnc23)cn1. The lowest BCUT2D eigenvalue weighted by Gasteiger charge is -2.11. The average molecular weight is 423 g/mol. The Balaban J connectivity index is 1.63. The normalized spacial score (nSPS) is 11.3. The van der Waals surface area contributed by atoms with E-state index in [0.29, 0.717) is 43.8 Å². The summed E-state index contributed by atoms with van der Waals surface area (Å²) in [7, 11) is 0. The van der Waals surface area contributed by atoms with Crippen LogP contribution in [0.2, 0.25) is 0 Å². The number of ether oxygens (including phenoxy) is 1. The number of nitrogens with zero attached hydrogens (tertiary/aromatic N) is 4. The summed E-state index contributed by atoms with van der Waals surface area (Å²) in [5.74, 6) is 0.0844. The summed E-state index contributed by atoms with van der Waals surface area (Å²) in [6.07, 6.45) is 5.63. The first-order valence-electron chi connectivity index (χ1n) is 9.57. The minimum Gasteiger partial charge on any atom is -0.475 e. The number of nitrogens with one attached hydrogen (secondary N) is 1. The molecule has 0 unspecified atom stereocenters. The maximum atomic E-state index is 12.9. The molecule has 3 aromatic heterocycles. The summed E-state index contributed by atoms with van der Waals surface area (Å²) in [5, 5.41) is 7.24. The standard InChI is InChI=1S/C22H19F2N5O2/c1-13(2)31-19-7-6-14(10-26-19)21(30)28-18-5-3-4-17-16(8-9-25-20(17)18)15-11-27-29(12-15)22(23)24/h3-13,22H,1-2H3,(H,28,30). The van der Waals surface area contributed by atoms with Crippen LogP contribution in [0.5, 0.6) is 5.88 Å². The highest BCUT2D eigenvalue weighted by molar-refractivity contribution is 6.10. The number of carbonyl (C=O) groups excluding carboxylic acids is 1. The zero-order chi connectivity index (χ0) is 22.0. The molecule has 0 spiro atoms. The van der Waals surface area contributed by atoms with E-state index in [2.05, 4.69) is 20.4 Å². The van der Waals surface area contributed by atoms with Crippen molar-refractivity contribution in [2.45, 2.75) is 26.5 Å². The third-order valence-corrected chi connectivity index (χ3v) is 4.49. The number of para-hydroxylation sites is 1. The number of anilines is 1. The first kappa shape index (κ1) is 20.4. The van der Waals surface area contributed by atoms with Crippen molar-refractivity contribution in [2.24, 2.45) is 0 Å². The second-order valence-electron chi connectivity index (χ2n) is 7.05. The Kier molecular flexibility index (Phi) is 5.57. The second-order valence-corrected chi connectivity index (χ2v) is 7.05. The highest BCUT2D eigenvalue weighted by Gasteiger charge is 2.14. The Morgan fingerprint density at radius 3 is 2.61 bits per heavy atom. The third kappa shape index (κ3) is 4.35. The highest BCUT2D eigenvalue weighted by Crippen LogP contribution is 2.31. The molecule has 0 fully saturated rings. The van der Waals surface area contributed by atoms with Gasteiger partial charge in [0.1, 0.15) is 0 Å². The van der Waals surface area contributed by atoms with Gasteiger partial charge in [-0.15, -0.1) is 0 Å². The molecule has 0 atom stereocenters. The molecule has 4 aromatic rings. The fourth-order valence-electron chi connectivity index (χ4n) is 3.13. The molecule has 1 aromatic carbocycles. The van der Waals surface area contributed by atoms with Crippen molar-refractivity contribution in [3.63, 3.8) is 0 Å². The molecule has 0 radical (unpaired) electrons. The summed E-state index contributed by atoms with van der Waals surface area (Å²) in [6.45, 7) is 1.06. The molecular weight excluding hydrogens is 404 g/mol. The number of alkyl halides is 2. The fourth-order valence-corrected chi connectivity index (χ4v) is 3.13. The Morgan fingerprint density at radius 1 is 1.10 bits per heavy atom. The van der Waals surface area contributed by atoms with Crippen LogP contribution in [0.3, 0.4) is 0 Å². The maximum Gasteiger partial charge on any atom is 0.333 e. The number of aromatic nitrogens is 4. The van der Waals surface area contributed by atoms with E-state index in [4.69, 9.17) is 4.74 Å². The lowest BCUT2D eigenvalue weighted by Crippen LogP contribution is -2.13. The Morgan fingerprint density at radius 2 is 1.94 bits per heavy atom. The minimum absolute atomic E-state index is 0.0177. The molecule has 3 heterocycles. The van der Waals surface area contributed by atoms with Crippen LogP contribution >= 0.6 is 0 Å². The lowest BCUT2D eigenvalue weighted by atomic mass is 10.0. The quantitative estimate of drug-likeness (QED) is 0.476. The zero-order valence-corrected chi connectivity index (χ0v) is 16.8. The van der Waals surface area contributed by atoms with E-state index in [9.17, 15) is 13.6 Å². The number of halogens is 2. The summed E-state index contributed by atoms with van der Waals surface area (Å²) < 4.78 is 31.9. The number of hydrogen-bond donors (Lipinski definition) is 1. The summed E-state index contributed by atoms with van der Waals surface area (Å²) in [4.78, 5) is 21.2. The predicted molar refractivity (Wildman–Crippen MR) is 112 cm³/mol. The fraction of sp³-hybridized carbons (Fsp3) is 0.182. The van der Waals surface area contributed by atoms with Crippen LogP contribution in [0.4, 0.5) is 14.5 Å². The van der Waals surface area contributed by atoms with Gasteiger partial charge < -0.3 is 10.1 Å². The monoisotopic (exact) mass is 423 g/mol. The van der Waals surface area contributed by atoms with Gasteiger partial charge in [-0.05, 0) is 37.6 Å². The van der Waals surface area contributed by atoms with Crippen molar-refractivity contribution in [1.29, 1.82) is 0 Å². The van der Waals surface area contributed by atoms with Gasteiger partial charge in [-0.25, -0.2) is 9.67 Å². The van der Waals surface area contributed by atoms with E-state index in [1.165, 1.54) is 18.6 Å². The van der Waals surface area contributed by atoms with Gasteiger partial charge in [0.25, 0.3) is 5.91 Å². The topological polar surface area (TPSA) is 81.9 Å². The van der Waals surface area contributed by atoms with E-state index < -0.39 is 6.55 Å². The Labute approximate surface area is 176 Å². The Hall–Kier alpha value is -3.88. The van der Waals surface area contributed by atoms with E-state index in [1.807, 2.05) is 19.9 Å². The van der Waals surface area contributed by atoms with E-state index in [-0.39, 0.29) is 12.0 Å². The van der Waals surface area contributed by atoms with Crippen LogP contribution in [-0.4, -0.2) is 31.8 Å². The smallest absolute Gasteiger partial charge is 0.333 e. The van der Waals surface area contributed by atoms with Crippen LogP contribution in [0.25, 0.3) is 22.0 Å². The zero-order valence-electron chi connectivity index (χ0n) is 16.8. The highest BCUT2D eigenvalue weighted by atomic mass is 19.3. The molecular formula is C22H19F2N5O2. The number of carbonyl (C=O) groups is 1. The molecule has 0 bridgehead atoms. The summed E-state index contributed by atoms with van der Waals surface area (Å²) >= 11 is 0. The van der Waals surface area contributed by atoms with Crippen LogP contribution in [-0.2, 0) is 0 Å². The van der Waals surface area contributed by atoms with E-state index >= 15 is 0 Å². The van der Waals surface area contributed by atoms with Crippen molar-refractivity contribution < 1.29 is 18.3 Å². The third-order valence-electron chi connectivity index (χ3n) is 4.49. The van der Waals surface area contributed by atoms with E-state index in [0.717, 1.165) is 0 Å². The van der Waals surface area contributed by atoms with Crippen LogP contribution in [0, 0.1) is 0 Å². The van der Waals surface area contributed by atoms with Gasteiger partial charge in [0, 0.05) is 35.6 Å². The number of amides is 1. The van der Waals surface area contributed by atoms with Gasteiger partial charge in [0.2, 0.25) is 5.88 Å². The molecule has 7 nitrogen and oxygen atoms in total. The van der Waals surface area contributed by atoms with Gasteiger partial charge in [-0.2, -0.15) is 13.9 Å². The first-order chi connectivity index (χ1) is 14.9. The number of pyridine rings is 2. The molecule has 1 N–H and O–H groups in total. The van der Waals surface area contributed by atoms with Crippen LogP contribution in [0.1, 0.15) is 30.8 Å². The molecule has 9 heteroatoms. The second kappa shape index (κ2) is 8.47. The molecule has 0 saturated carbocycles. The molecule has 0 saturated heterocycles. The molecule has 4 rings (SSSR count). The van der Waals surface area contributed by atoms with Crippen molar-refractivity contribution in [3.05, 3.63) is 66.7 Å². The van der Waals surface area contributed by atoms with Crippen LogP contribution in [0.15, 0.2) is 61.2 Å². The molecule has 0 aliphatic carbocycles. The molecule has 31 heavy (non-hydrogen) atoms. The summed E-state index contributed by atoms with van der Waals surface area (Å²) in [5.41, 5.74) is 2.60. The lowest BCUT2D eigenvalue weighted by molar-refractivity contribution is 0.0566. The molecule has 0 aliphatic rings. The van der Waals surface area contributed by atoms with Gasteiger partial charge >= 0.3 is 6.55 Å². The van der Waals surface area contributed by atoms with Gasteiger partial charge in [0.15, 0.2) is 0 Å². The van der Waals surface area contributed by atoms with Gasteiger partial charge in [-0.3, -0.25) is 9.78 Å². The summed E-state index contributed by atoms with van der Waals surface area (Å²) in [6, 6.07) is 10.3. The van der Waals surface area contributed by atoms with E-state index in [1.54, 1.807) is 36.5 Å². The molecule has 0 aliphatic heterocycles. The van der Waals surface area contributed by atoms with Crippen LogP contribution < -0.4 is 10.1 Å². The number of benzene rings is 1. The Bertz CT molecular complexity index is 1220. The van der Waals surface area contributed by atoms with Gasteiger partial charge in [0.05, 0.1) is 29.1 Å². The first-order valence-corrected chi connectivity index (χ1v) is 9.57. The predicted octanol–water partition coefficient (Wildman–Crippen LogP) is 4.93. The molecule has 1 amide bonds. The minimum atomic E-state index is -2.72. The van der Waals surface area contributed by atoms with Crippen molar-refractivity contribution >= 4 is 22.5 Å².